The zero-order chi connectivity index (χ0) is 27.2. The van der Waals surface area contributed by atoms with Gasteiger partial charge in [-0.2, -0.15) is 5.26 Å². The van der Waals surface area contributed by atoms with Gasteiger partial charge in [-0.3, -0.25) is 4.90 Å². The van der Waals surface area contributed by atoms with E-state index < -0.39 is 17.9 Å². The van der Waals surface area contributed by atoms with E-state index in [-0.39, 0.29) is 22.7 Å². The number of nitrogens with zero attached hydrogens (tertiary/aromatic N) is 2. The van der Waals surface area contributed by atoms with Crippen LogP contribution in [0.5, 0.6) is 0 Å². The van der Waals surface area contributed by atoms with Crippen molar-refractivity contribution in [3.8, 4) is 6.07 Å². The number of nitriles is 1. The fourth-order valence-corrected chi connectivity index (χ4v) is 5.62. The molecule has 7 nitrogen and oxygen atoms in total. The van der Waals surface area contributed by atoms with Crippen LogP contribution in [0.1, 0.15) is 17.0 Å². The lowest BCUT2D eigenvalue weighted by molar-refractivity contribution is -0.139. The second-order valence-electron chi connectivity index (χ2n) is 8.18. The molecule has 1 aliphatic heterocycles. The molecule has 38 heavy (non-hydrogen) atoms. The lowest BCUT2D eigenvalue weighted by Crippen LogP contribution is -2.41. The lowest BCUT2D eigenvalue weighted by Gasteiger charge is -2.36. The van der Waals surface area contributed by atoms with Gasteiger partial charge in [-0.25, -0.2) is 9.59 Å². The van der Waals surface area contributed by atoms with E-state index in [9.17, 15) is 14.9 Å². The summed E-state index contributed by atoms with van der Waals surface area (Å²) in [4.78, 5) is 28.7. The third-order valence-corrected chi connectivity index (χ3v) is 7.54. The SMILES string of the molecule is COC(=O)C1=C(C(=O)OC)N(c2ccccc2SCc2ccccc2Cl)C(N)=C(C#N)C1c1ccccc1. The predicted octanol–water partition coefficient (Wildman–Crippen LogP) is 5.53. The summed E-state index contributed by atoms with van der Waals surface area (Å²) >= 11 is 7.84. The predicted molar refractivity (Wildman–Crippen MR) is 147 cm³/mol. The maximum Gasteiger partial charge on any atom is 0.355 e. The first-order valence-electron chi connectivity index (χ1n) is 11.5. The summed E-state index contributed by atoms with van der Waals surface area (Å²) in [6.45, 7) is 0. The van der Waals surface area contributed by atoms with Gasteiger partial charge in [0.25, 0.3) is 0 Å². The van der Waals surface area contributed by atoms with Crippen LogP contribution >= 0.6 is 23.4 Å². The molecule has 1 atom stereocenters. The van der Waals surface area contributed by atoms with Gasteiger partial charge < -0.3 is 15.2 Å². The van der Waals surface area contributed by atoms with Crippen molar-refractivity contribution in [2.45, 2.75) is 16.6 Å². The summed E-state index contributed by atoms with van der Waals surface area (Å²) in [6.07, 6.45) is 0. The summed E-state index contributed by atoms with van der Waals surface area (Å²) in [6, 6.07) is 25.8. The van der Waals surface area contributed by atoms with Crippen molar-refractivity contribution in [3.05, 3.63) is 118 Å². The van der Waals surface area contributed by atoms with E-state index in [2.05, 4.69) is 6.07 Å². The maximum atomic E-state index is 13.3. The molecule has 0 saturated carbocycles. The monoisotopic (exact) mass is 545 g/mol. The quantitative estimate of drug-likeness (QED) is 0.305. The maximum absolute atomic E-state index is 13.3. The normalized spacial score (nSPS) is 15.2. The van der Waals surface area contributed by atoms with Gasteiger partial charge in [-0.1, -0.05) is 72.3 Å². The number of halogens is 1. The zero-order valence-corrected chi connectivity index (χ0v) is 22.3. The highest BCUT2D eigenvalue weighted by molar-refractivity contribution is 7.98. The molecule has 3 aromatic carbocycles. The molecule has 3 aromatic rings. The summed E-state index contributed by atoms with van der Waals surface area (Å²) in [5.41, 5.74) is 8.63. The van der Waals surface area contributed by atoms with Crippen molar-refractivity contribution in [3.63, 3.8) is 0 Å². The number of hydrogen-bond donors (Lipinski definition) is 1. The number of ether oxygens (including phenoxy) is 2. The Kier molecular flexibility index (Phi) is 8.41. The van der Waals surface area contributed by atoms with Crippen LogP contribution in [0.15, 0.2) is 106 Å². The molecule has 0 aliphatic carbocycles. The average molecular weight is 546 g/mol. The minimum absolute atomic E-state index is 0.0141. The smallest absolute Gasteiger partial charge is 0.355 e. The Balaban J connectivity index is 1.94. The molecular weight excluding hydrogens is 522 g/mol. The number of esters is 2. The molecule has 0 fully saturated rings. The fraction of sp³-hybridized carbons (Fsp3) is 0.138. The minimum atomic E-state index is -0.929. The molecule has 1 unspecified atom stereocenters. The number of carbonyl (C=O) groups is 2. The summed E-state index contributed by atoms with van der Waals surface area (Å²) in [7, 11) is 2.44. The zero-order valence-electron chi connectivity index (χ0n) is 20.7. The Labute approximate surface area is 230 Å². The molecule has 9 heteroatoms. The first-order valence-corrected chi connectivity index (χ1v) is 12.9. The van der Waals surface area contributed by atoms with Gasteiger partial charge in [0.2, 0.25) is 0 Å². The lowest BCUT2D eigenvalue weighted by atomic mass is 9.81. The van der Waals surface area contributed by atoms with Gasteiger partial charge in [0.05, 0.1) is 43.0 Å². The van der Waals surface area contributed by atoms with Crippen LogP contribution in [0.4, 0.5) is 5.69 Å². The highest BCUT2D eigenvalue weighted by Gasteiger charge is 2.43. The van der Waals surface area contributed by atoms with Crippen LogP contribution in [0.25, 0.3) is 0 Å². The Morgan fingerprint density at radius 2 is 1.61 bits per heavy atom. The number of nitrogens with two attached hydrogens (primary N) is 1. The number of benzene rings is 3. The molecular formula is C29H24ClN3O4S. The third kappa shape index (κ3) is 5.12. The minimum Gasteiger partial charge on any atom is -0.466 e. The van der Waals surface area contributed by atoms with Crippen LogP contribution in [0.3, 0.4) is 0 Å². The second-order valence-corrected chi connectivity index (χ2v) is 9.61. The molecule has 0 bridgehead atoms. The molecule has 4 rings (SSSR count). The van der Waals surface area contributed by atoms with Gasteiger partial charge in [0.15, 0.2) is 0 Å². The highest BCUT2D eigenvalue weighted by atomic mass is 35.5. The van der Waals surface area contributed by atoms with E-state index in [0.717, 1.165) is 10.5 Å². The van der Waals surface area contributed by atoms with E-state index in [1.165, 1.54) is 30.9 Å². The number of rotatable bonds is 7. The van der Waals surface area contributed by atoms with Gasteiger partial charge in [-0.05, 0) is 29.3 Å². The van der Waals surface area contributed by atoms with Crippen molar-refractivity contribution in [1.82, 2.24) is 0 Å². The molecule has 0 amide bonds. The van der Waals surface area contributed by atoms with Crippen LogP contribution < -0.4 is 10.6 Å². The van der Waals surface area contributed by atoms with Crippen molar-refractivity contribution in [2.24, 2.45) is 5.73 Å². The highest BCUT2D eigenvalue weighted by Crippen LogP contribution is 2.45. The van der Waals surface area contributed by atoms with E-state index in [4.69, 9.17) is 26.8 Å². The topological polar surface area (TPSA) is 106 Å². The van der Waals surface area contributed by atoms with E-state index >= 15 is 0 Å². The Bertz CT molecular complexity index is 1480. The molecule has 2 N–H and O–H groups in total. The molecule has 1 aliphatic rings. The second kappa shape index (κ2) is 11.9. The van der Waals surface area contributed by atoms with Gasteiger partial charge in [0, 0.05) is 15.7 Å². The van der Waals surface area contributed by atoms with Gasteiger partial charge in [-0.15, -0.1) is 11.8 Å². The number of allylic oxidation sites excluding steroid dienone is 1. The molecule has 0 saturated heterocycles. The van der Waals surface area contributed by atoms with Crippen molar-refractivity contribution in [1.29, 1.82) is 5.26 Å². The molecule has 0 radical (unpaired) electrons. The van der Waals surface area contributed by atoms with Crippen LogP contribution in [-0.4, -0.2) is 26.2 Å². The van der Waals surface area contributed by atoms with Crippen molar-refractivity contribution < 1.29 is 19.1 Å². The Morgan fingerprint density at radius 1 is 0.974 bits per heavy atom. The number of para-hydroxylation sites is 1. The number of hydrogen-bond acceptors (Lipinski definition) is 8. The number of anilines is 1. The number of thioether (sulfide) groups is 1. The Hall–Kier alpha value is -4.19. The van der Waals surface area contributed by atoms with Crippen molar-refractivity contribution in [2.75, 3.05) is 19.1 Å². The first-order chi connectivity index (χ1) is 18.4. The number of methoxy groups -OCH3 is 2. The van der Waals surface area contributed by atoms with Crippen LogP contribution in [-0.2, 0) is 24.8 Å². The molecule has 0 aromatic heterocycles. The van der Waals surface area contributed by atoms with Gasteiger partial charge in [0.1, 0.15) is 11.5 Å². The van der Waals surface area contributed by atoms with Crippen LogP contribution in [0.2, 0.25) is 5.02 Å². The summed E-state index contributed by atoms with van der Waals surface area (Å²) < 4.78 is 10.2. The van der Waals surface area contributed by atoms with E-state index in [1.54, 1.807) is 36.4 Å². The van der Waals surface area contributed by atoms with Crippen molar-refractivity contribution >= 4 is 41.0 Å². The molecule has 0 spiro atoms. The van der Waals surface area contributed by atoms with E-state index in [0.29, 0.717) is 22.0 Å². The largest absolute Gasteiger partial charge is 0.466 e. The molecule has 192 valence electrons. The van der Waals surface area contributed by atoms with Gasteiger partial charge >= 0.3 is 11.9 Å². The summed E-state index contributed by atoms with van der Waals surface area (Å²) in [5.74, 6) is -1.95. The fourth-order valence-electron chi connectivity index (χ4n) is 4.30. The average Bonchev–Trinajstić information content (AvgIpc) is 2.96. The molecule has 1 heterocycles. The first kappa shape index (κ1) is 26.9. The number of carbonyl (C=O) groups excluding carboxylic acids is 2. The Morgan fingerprint density at radius 3 is 2.26 bits per heavy atom. The standard InChI is InChI=1S/C29H24ClN3O4S/c1-36-28(34)25-24(18-10-4-3-5-11-18)20(16-31)27(32)33(26(25)29(35)37-2)22-14-8-9-15-23(22)38-17-19-12-6-7-13-21(19)30/h3-15,24H,17,32H2,1-2H3. The van der Waals surface area contributed by atoms with Crippen LogP contribution in [0, 0.1) is 11.3 Å². The third-order valence-electron chi connectivity index (χ3n) is 6.06. The summed E-state index contributed by atoms with van der Waals surface area (Å²) in [5, 5.41) is 10.9. The van der Waals surface area contributed by atoms with E-state index in [1.807, 2.05) is 42.5 Å².